The Balaban J connectivity index is 1.64. The summed E-state index contributed by atoms with van der Waals surface area (Å²) in [5, 5.41) is 12.2. The molecule has 1 amide bonds. The van der Waals surface area contributed by atoms with E-state index in [1.54, 1.807) is 36.4 Å². The highest BCUT2D eigenvalue weighted by Gasteiger charge is 2.53. The van der Waals surface area contributed by atoms with Gasteiger partial charge >= 0.3 is 5.97 Å². The minimum atomic E-state index is -1.17. The Labute approximate surface area is 184 Å². The number of hydrogen-bond acceptors (Lipinski definition) is 8. The maximum atomic E-state index is 12.0. The van der Waals surface area contributed by atoms with Crippen LogP contribution in [-0.2, 0) is 28.5 Å². The van der Waals surface area contributed by atoms with Crippen LogP contribution in [0, 0.1) is 0 Å². The van der Waals surface area contributed by atoms with Crippen LogP contribution in [0.3, 0.4) is 0 Å². The zero-order chi connectivity index (χ0) is 22.7. The molecular weight excluding hydrogens is 422 g/mol. The molecule has 7 unspecified atom stereocenters. The molecule has 2 aliphatic heterocycles. The molecule has 0 saturated carbocycles. The van der Waals surface area contributed by atoms with Gasteiger partial charge in [0.2, 0.25) is 18.5 Å². The van der Waals surface area contributed by atoms with Crippen molar-refractivity contribution < 1.29 is 42.8 Å². The Morgan fingerprint density at radius 3 is 2.59 bits per heavy atom. The molecular formula is C22H25NO9. The van der Waals surface area contributed by atoms with Crippen LogP contribution in [0.2, 0.25) is 0 Å². The number of aliphatic carboxylic acids is 1. The number of benzene rings is 1. The second-order valence-corrected chi connectivity index (χ2v) is 7.56. The van der Waals surface area contributed by atoms with Gasteiger partial charge in [0, 0.05) is 6.92 Å². The monoisotopic (exact) mass is 447 g/mol. The number of amides is 1. The van der Waals surface area contributed by atoms with Crippen molar-refractivity contribution in [1.29, 1.82) is 0 Å². The molecule has 0 radical (unpaired) electrons. The first-order valence-corrected chi connectivity index (χ1v) is 10.3. The number of para-hydroxylation sites is 1. The Hall–Kier alpha value is -2.92. The van der Waals surface area contributed by atoms with E-state index in [0.717, 1.165) is 0 Å². The van der Waals surface area contributed by atoms with Gasteiger partial charge < -0.3 is 38.5 Å². The van der Waals surface area contributed by atoms with Crippen molar-refractivity contribution in [3.8, 4) is 5.75 Å². The number of fused-ring (bicyclic) bond motifs is 1. The standard InChI is InChI=1S/C22H25NO9/c1-12(20(25)26)29-19-17(23-13(2)24)22(30-14-7-4-3-5-8-14)31-16-11-28-21(32-18(16)19)15-9-6-10-27-15/h3-10,12,16-19,21-22H,11H2,1-2H3,(H,23,24)(H,25,26). The maximum Gasteiger partial charge on any atom is 0.332 e. The van der Waals surface area contributed by atoms with Crippen molar-refractivity contribution in [3.63, 3.8) is 0 Å². The zero-order valence-corrected chi connectivity index (χ0v) is 17.6. The van der Waals surface area contributed by atoms with Gasteiger partial charge in [0.25, 0.3) is 0 Å². The lowest BCUT2D eigenvalue weighted by molar-refractivity contribution is -0.343. The van der Waals surface area contributed by atoms with Crippen LogP contribution in [0.5, 0.6) is 5.75 Å². The molecule has 1 aromatic carbocycles. The van der Waals surface area contributed by atoms with Gasteiger partial charge in [-0.05, 0) is 31.2 Å². The third-order valence-corrected chi connectivity index (χ3v) is 5.19. The molecule has 7 atom stereocenters. The van der Waals surface area contributed by atoms with Crippen LogP contribution < -0.4 is 10.1 Å². The van der Waals surface area contributed by atoms with E-state index in [1.807, 2.05) is 6.07 Å². The topological polar surface area (TPSA) is 126 Å². The van der Waals surface area contributed by atoms with Crippen molar-refractivity contribution >= 4 is 11.9 Å². The maximum absolute atomic E-state index is 12.0. The molecule has 172 valence electrons. The minimum absolute atomic E-state index is 0.124. The van der Waals surface area contributed by atoms with Gasteiger partial charge in [-0.1, -0.05) is 18.2 Å². The lowest BCUT2D eigenvalue weighted by atomic mass is 9.95. The summed E-state index contributed by atoms with van der Waals surface area (Å²) in [6.45, 7) is 2.88. The summed E-state index contributed by atoms with van der Waals surface area (Å²) in [4.78, 5) is 23.5. The second kappa shape index (κ2) is 9.70. The summed E-state index contributed by atoms with van der Waals surface area (Å²) >= 11 is 0. The van der Waals surface area contributed by atoms with Crippen molar-refractivity contribution in [2.45, 2.75) is 56.9 Å². The van der Waals surface area contributed by atoms with Crippen LogP contribution >= 0.6 is 0 Å². The molecule has 0 spiro atoms. The first-order chi connectivity index (χ1) is 15.4. The Bertz CT molecular complexity index is 903. The molecule has 0 bridgehead atoms. The van der Waals surface area contributed by atoms with Gasteiger partial charge in [-0.15, -0.1) is 0 Å². The highest BCUT2D eigenvalue weighted by Crippen LogP contribution is 2.36. The molecule has 10 heteroatoms. The molecule has 2 saturated heterocycles. The molecule has 2 aromatic rings. The lowest BCUT2D eigenvalue weighted by Gasteiger charge is -2.49. The van der Waals surface area contributed by atoms with Crippen LogP contribution in [0.4, 0.5) is 0 Å². The first kappa shape index (κ1) is 22.3. The van der Waals surface area contributed by atoms with E-state index in [2.05, 4.69) is 5.32 Å². The summed E-state index contributed by atoms with van der Waals surface area (Å²) in [5.41, 5.74) is 0. The molecule has 3 heterocycles. The smallest absolute Gasteiger partial charge is 0.332 e. The normalized spacial score (nSPS) is 30.7. The van der Waals surface area contributed by atoms with E-state index in [1.165, 1.54) is 20.1 Å². The highest BCUT2D eigenvalue weighted by molar-refractivity contribution is 5.73. The fourth-order valence-corrected chi connectivity index (χ4v) is 3.72. The summed E-state index contributed by atoms with van der Waals surface area (Å²) in [6.07, 6.45) is -3.76. The van der Waals surface area contributed by atoms with Crippen LogP contribution in [0.1, 0.15) is 25.9 Å². The summed E-state index contributed by atoms with van der Waals surface area (Å²) in [7, 11) is 0. The van der Waals surface area contributed by atoms with E-state index >= 15 is 0 Å². The average molecular weight is 447 g/mol. The number of carboxylic acid groups (broad SMARTS) is 1. The van der Waals surface area contributed by atoms with Gasteiger partial charge in [0.15, 0.2) is 11.9 Å². The van der Waals surface area contributed by atoms with Crippen LogP contribution in [-0.4, -0.2) is 60.3 Å². The lowest BCUT2D eigenvalue weighted by Crippen LogP contribution is -2.68. The minimum Gasteiger partial charge on any atom is -0.479 e. The number of nitrogens with one attached hydrogen (secondary N) is 1. The fraction of sp³-hybridized carbons (Fsp3) is 0.455. The molecule has 32 heavy (non-hydrogen) atoms. The van der Waals surface area contributed by atoms with E-state index in [-0.39, 0.29) is 12.5 Å². The molecule has 2 aliphatic rings. The number of carboxylic acids is 1. The van der Waals surface area contributed by atoms with Gasteiger partial charge in [-0.3, -0.25) is 4.79 Å². The highest BCUT2D eigenvalue weighted by atomic mass is 16.8. The number of rotatable bonds is 7. The van der Waals surface area contributed by atoms with Crippen molar-refractivity contribution in [2.24, 2.45) is 0 Å². The van der Waals surface area contributed by atoms with Crippen molar-refractivity contribution in [1.82, 2.24) is 5.32 Å². The second-order valence-electron chi connectivity index (χ2n) is 7.56. The Kier molecular flexibility index (Phi) is 6.75. The quantitative estimate of drug-likeness (QED) is 0.654. The fourth-order valence-electron chi connectivity index (χ4n) is 3.72. The van der Waals surface area contributed by atoms with E-state index in [9.17, 15) is 14.7 Å². The van der Waals surface area contributed by atoms with E-state index in [4.69, 9.17) is 28.1 Å². The molecule has 1 aromatic heterocycles. The first-order valence-electron chi connectivity index (χ1n) is 10.3. The van der Waals surface area contributed by atoms with E-state index < -0.39 is 49.0 Å². The Morgan fingerprint density at radius 1 is 1.16 bits per heavy atom. The van der Waals surface area contributed by atoms with Gasteiger partial charge in [-0.25, -0.2) is 4.79 Å². The number of carbonyl (C=O) groups excluding carboxylic acids is 1. The molecule has 0 aliphatic carbocycles. The van der Waals surface area contributed by atoms with Crippen molar-refractivity contribution in [2.75, 3.05) is 6.61 Å². The summed E-state index contributed by atoms with van der Waals surface area (Å²) < 4.78 is 35.2. The predicted molar refractivity (Wildman–Crippen MR) is 108 cm³/mol. The zero-order valence-electron chi connectivity index (χ0n) is 17.6. The molecule has 2 N–H and O–H groups in total. The van der Waals surface area contributed by atoms with E-state index in [0.29, 0.717) is 11.5 Å². The third-order valence-electron chi connectivity index (χ3n) is 5.19. The number of ether oxygens (including phenoxy) is 5. The Morgan fingerprint density at radius 2 is 1.94 bits per heavy atom. The molecule has 10 nitrogen and oxygen atoms in total. The summed E-state index contributed by atoms with van der Waals surface area (Å²) in [5.74, 6) is -0.538. The molecule has 4 rings (SSSR count). The van der Waals surface area contributed by atoms with Crippen molar-refractivity contribution in [3.05, 3.63) is 54.5 Å². The number of hydrogen-bond donors (Lipinski definition) is 2. The average Bonchev–Trinajstić information content (AvgIpc) is 3.31. The summed E-state index contributed by atoms with van der Waals surface area (Å²) in [6, 6.07) is 11.5. The van der Waals surface area contributed by atoms with Gasteiger partial charge in [0.05, 0.1) is 12.9 Å². The van der Waals surface area contributed by atoms with Gasteiger partial charge in [-0.2, -0.15) is 0 Å². The molecule has 2 fully saturated rings. The van der Waals surface area contributed by atoms with Crippen LogP contribution in [0.15, 0.2) is 53.1 Å². The van der Waals surface area contributed by atoms with Gasteiger partial charge in [0.1, 0.15) is 30.1 Å². The third kappa shape index (κ3) is 4.94. The predicted octanol–water partition coefficient (Wildman–Crippen LogP) is 1.86. The number of furan rings is 1. The van der Waals surface area contributed by atoms with Crippen LogP contribution in [0.25, 0.3) is 0 Å². The largest absolute Gasteiger partial charge is 0.479 e. The number of carbonyl (C=O) groups is 2. The SMILES string of the molecule is CC(=O)NC1C(Oc2ccccc2)OC2COC(c3ccco3)OC2C1OC(C)C(=O)O.